The van der Waals surface area contributed by atoms with Gasteiger partial charge < -0.3 is 20.1 Å². The summed E-state index contributed by atoms with van der Waals surface area (Å²) < 4.78 is 25.4. The molecule has 0 bridgehead atoms. The molecule has 0 fully saturated rings. The molecule has 0 atom stereocenters. The van der Waals surface area contributed by atoms with Crippen LogP contribution in [-0.4, -0.2) is 41.5 Å². The van der Waals surface area contributed by atoms with Crippen molar-refractivity contribution in [1.29, 1.82) is 0 Å². The molecule has 0 saturated heterocycles. The summed E-state index contributed by atoms with van der Waals surface area (Å²) in [6, 6.07) is 6.14. The lowest BCUT2D eigenvalue weighted by Gasteiger charge is -2.14. The number of amides is 1. The van der Waals surface area contributed by atoms with Crippen molar-refractivity contribution < 1.29 is 18.7 Å². The fourth-order valence-corrected chi connectivity index (χ4v) is 3.54. The van der Waals surface area contributed by atoms with Gasteiger partial charge in [0.2, 0.25) is 11.8 Å². The molecule has 0 saturated carbocycles. The van der Waals surface area contributed by atoms with Gasteiger partial charge in [-0.25, -0.2) is 9.37 Å². The highest BCUT2D eigenvalue weighted by Crippen LogP contribution is 2.40. The molecule has 1 aliphatic rings. The van der Waals surface area contributed by atoms with Crippen LogP contribution in [0, 0.1) is 5.82 Å². The van der Waals surface area contributed by atoms with Gasteiger partial charge in [-0.05, 0) is 25.1 Å². The summed E-state index contributed by atoms with van der Waals surface area (Å²) in [6.07, 6.45) is 0. The molecule has 3 aromatic rings. The maximum Gasteiger partial charge on any atom is 0.258 e. The zero-order chi connectivity index (χ0) is 20.0. The number of nitrogens with two attached hydrogens (primary N) is 1. The summed E-state index contributed by atoms with van der Waals surface area (Å²) in [5.41, 5.74) is 8.58. The molecule has 0 radical (unpaired) electrons. The van der Waals surface area contributed by atoms with Crippen LogP contribution in [0.5, 0.6) is 11.8 Å². The zero-order valence-electron chi connectivity index (χ0n) is 15.7. The second-order valence-corrected chi connectivity index (χ2v) is 6.40. The smallest absolute Gasteiger partial charge is 0.258 e. The molecular weight excluding hydrogens is 363 g/mol. The molecule has 2 aromatic heterocycles. The molecule has 0 unspecified atom stereocenters. The summed E-state index contributed by atoms with van der Waals surface area (Å²) in [6.45, 7) is 2.78. The number of methoxy groups -OCH3 is 2. The van der Waals surface area contributed by atoms with E-state index in [2.05, 4.69) is 9.97 Å². The Labute approximate surface area is 160 Å². The minimum atomic E-state index is -0.485. The largest absolute Gasteiger partial charge is 0.481 e. The molecule has 144 valence electrons. The van der Waals surface area contributed by atoms with E-state index in [1.165, 1.54) is 20.3 Å². The molecule has 8 heteroatoms. The highest BCUT2D eigenvalue weighted by molar-refractivity contribution is 6.11. The molecule has 1 aliphatic heterocycles. The Bertz CT molecular complexity index is 1120. The lowest BCUT2D eigenvalue weighted by Crippen LogP contribution is -2.23. The Morgan fingerprint density at radius 3 is 2.61 bits per heavy atom. The lowest BCUT2D eigenvalue weighted by molar-refractivity contribution is 0.0787. The molecule has 2 N–H and O–H groups in total. The van der Waals surface area contributed by atoms with Crippen LogP contribution >= 0.6 is 0 Å². The fourth-order valence-electron chi connectivity index (χ4n) is 3.54. The highest BCUT2D eigenvalue weighted by atomic mass is 19.1. The number of aromatic nitrogens is 2. The molecular formula is C20H19FN4O3. The molecule has 1 aromatic carbocycles. The Hall–Kier alpha value is -3.42. The van der Waals surface area contributed by atoms with E-state index < -0.39 is 5.82 Å². The molecule has 28 heavy (non-hydrogen) atoms. The highest BCUT2D eigenvalue weighted by Gasteiger charge is 2.32. The Morgan fingerprint density at radius 2 is 1.93 bits per heavy atom. The second kappa shape index (κ2) is 6.63. The predicted molar refractivity (Wildman–Crippen MR) is 103 cm³/mol. The van der Waals surface area contributed by atoms with E-state index in [1.54, 1.807) is 23.1 Å². The van der Waals surface area contributed by atoms with Crippen molar-refractivity contribution in [3.05, 3.63) is 41.3 Å². The molecule has 7 nitrogen and oxygen atoms in total. The van der Waals surface area contributed by atoms with Crippen molar-refractivity contribution in [2.45, 2.75) is 13.5 Å². The van der Waals surface area contributed by atoms with Crippen LogP contribution in [0.1, 0.15) is 23.0 Å². The maximum atomic E-state index is 14.9. The predicted octanol–water partition coefficient (Wildman–Crippen LogP) is 3.01. The summed E-state index contributed by atoms with van der Waals surface area (Å²) in [4.78, 5) is 23.1. The number of nitrogens with zero attached hydrogens (tertiary/aromatic N) is 3. The number of ether oxygens (including phenoxy) is 2. The van der Waals surface area contributed by atoms with Crippen molar-refractivity contribution in [2.75, 3.05) is 26.5 Å². The number of carbonyl (C=O) groups excluding carboxylic acids is 1. The van der Waals surface area contributed by atoms with Gasteiger partial charge in [-0.2, -0.15) is 4.98 Å². The average Bonchev–Trinajstić information content (AvgIpc) is 3.03. The van der Waals surface area contributed by atoms with E-state index >= 15 is 0 Å². The van der Waals surface area contributed by atoms with E-state index in [9.17, 15) is 9.18 Å². The van der Waals surface area contributed by atoms with Crippen LogP contribution in [0.2, 0.25) is 0 Å². The molecule has 4 rings (SSSR count). The number of hydrogen-bond donors (Lipinski definition) is 1. The number of halogens is 1. The third-order valence-electron chi connectivity index (χ3n) is 4.95. The monoisotopic (exact) mass is 382 g/mol. The lowest BCUT2D eigenvalue weighted by atomic mass is 9.99. The fraction of sp³-hybridized carbons (Fsp3) is 0.250. The number of benzene rings is 1. The Balaban J connectivity index is 2.03. The number of nitrogen functional groups attached to an aromatic ring is 1. The third-order valence-corrected chi connectivity index (χ3v) is 4.95. The first kappa shape index (κ1) is 18.0. The van der Waals surface area contributed by atoms with Gasteiger partial charge in [0.1, 0.15) is 5.82 Å². The van der Waals surface area contributed by atoms with Gasteiger partial charge in [-0.15, -0.1) is 0 Å². The van der Waals surface area contributed by atoms with Gasteiger partial charge in [0.25, 0.3) is 5.91 Å². The summed E-state index contributed by atoms with van der Waals surface area (Å²) in [5, 5.41) is 0.513. The second-order valence-electron chi connectivity index (χ2n) is 6.40. The Kier molecular flexibility index (Phi) is 4.26. The van der Waals surface area contributed by atoms with Crippen LogP contribution in [0.25, 0.3) is 22.0 Å². The van der Waals surface area contributed by atoms with E-state index in [0.717, 1.165) is 0 Å². The first-order valence-corrected chi connectivity index (χ1v) is 8.79. The van der Waals surface area contributed by atoms with Crippen LogP contribution in [0.15, 0.2) is 24.3 Å². The van der Waals surface area contributed by atoms with Crippen molar-refractivity contribution >= 4 is 22.5 Å². The number of rotatable bonds is 4. The van der Waals surface area contributed by atoms with Crippen LogP contribution in [-0.2, 0) is 6.54 Å². The standard InChI is InChI=1S/C20H19FN4O3/c1-4-25-9-13-16(20(25)26)17(22)11-5-7-12(21)15(18(11)23-13)10-6-8-14(27-2)24-19(10)28-3/h5-8H,4,9H2,1-3H3,(H2,22,23). The minimum Gasteiger partial charge on any atom is -0.481 e. The Morgan fingerprint density at radius 1 is 1.14 bits per heavy atom. The van der Waals surface area contributed by atoms with Gasteiger partial charge in [0, 0.05) is 29.1 Å². The van der Waals surface area contributed by atoms with E-state index in [0.29, 0.717) is 52.4 Å². The maximum absolute atomic E-state index is 14.9. The zero-order valence-corrected chi connectivity index (χ0v) is 15.7. The SMILES string of the molecule is CCN1Cc2nc3c(-c4ccc(OC)nc4OC)c(F)ccc3c(N)c2C1=O. The third kappa shape index (κ3) is 2.52. The van der Waals surface area contributed by atoms with Gasteiger partial charge >= 0.3 is 0 Å². The van der Waals surface area contributed by atoms with Crippen molar-refractivity contribution in [1.82, 2.24) is 14.9 Å². The number of carbonyl (C=O) groups is 1. The van der Waals surface area contributed by atoms with E-state index in [-0.39, 0.29) is 17.4 Å². The summed E-state index contributed by atoms with van der Waals surface area (Å²) >= 11 is 0. The quantitative estimate of drug-likeness (QED) is 0.746. The van der Waals surface area contributed by atoms with Gasteiger partial charge in [-0.1, -0.05) is 0 Å². The molecule has 1 amide bonds. The van der Waals surface area contributed by atoms with E-state index in [4.69, 9.17) is 15.2 Å². The topological polar surface area (TPSA) is 90.6 Å². The van der Waals surface area contributed by atoms with E-state index in [1.807, 2.05) is 6.92 Å². The summed E-state index contributed by atoms with van der Waals surface area (Å²) in [5.74, 6) is -0.0862. The van der Waals surface area contributed by atoms with Crippen LogP contribution in [0.4, 0.5) is 10.1 Å². The minimum absolute atomic E-state index is 0.154. The van der Waals surface area contributed by atoms with Crippen molar-refractivity contribution in [3.63, 3.8) is 0 Å². The van der Waals surface area contributed by atoms with Crippen molar-refractivity contribution in [3.8, 4) is 22.9 Å². The number of hydrogen-bond acceptors (Lipinski definition) is 6. The number of anilines is 1. The molecule has 0 aliphatic carbocycles. The van der Waals surface area contributed by atoms with Gasteiger partial charge in [-0.3, -0.25) is 4.79 Å². The molecule has 0 spiro atoms. The average molecular weight is 382 g/mol. The number of fused-ring (bicyclic) bond motifs is 2. The van der Waals surface area contributed by atoms with Gasteiger partial charge in [0.05, 0.1) is 43.2 Å². The van der Waals surface area contributed by atoms with Gasteiger partial charge in [0.15, 0.2) is 0 Å². The first-order chi connectivity index (χ1) is 13.5. The normalized spacial score (nSPS) is 13.1. The van der Waals surface area contributed by atoms with Crippen LogP contribution < -0.4 is 15.2 Å². The number of pyridine rings is 2. The van der Waals surface area contributed by atoms with Crippen LogP contribution in [0.3, 0.4) is 0 Å². The molecule has 3 heterocycles. The van der Waals surface area contributed by atoms with Crippen molar-refractivity contribution in [2.24, 2.45) is 0 Å². The first-order valence-electron chi connectivity index (χ1n) is 8.79. The summed E-state index contributed by atoms with van der Waals surface area (Å²) in [7, 11) is 2.94.